The van der Waals surface area contributed by atoms with Crippen LogP contribution in [0.3, 0.4) is 0 Å². The molecule has 0 saturated carbocycles. The molecule has 0 spiro atoms. The van der Waals surface area contributed by atoms with Crippen LogP contribution in [0.15, 0.2) is 54.6 Å². The van der Waals surface area contributed by atoms with Crippen molar-refractivity contribution in [3.8, 4) is 11.4 Å². The number of rotatable bonds is 5. The molecule has 0 unspecified atom stereocenters. The SMILES string of the molecule is NCCCNc1nc(-c2ccccc2)nc2ccccc12. The van der Waals surface area contributed by atoms with Crippen molar-refractivity contribution in [2.45, 2.75) is 6.42 Å². The highest BCUT2D eigenvalue weighted by Gasteiger charge is 2.08. The number of benzene rings is 2. The number of aromatic nitrogens is 2. The molecule has 0 fully saturated rings. The van der Waals surface area contributed by atoms with Gasteiger partial charge in [0.05, 0.1) is 5.52 Å². The second kappa shape index (κ2) is 6.33. The maximum atomic E-state index is 5.55. The van der Waals surface area contributed by atoms with Gasteiger partial charge in [0.2, 0.25) is 0 Å². The molecule has 0 aliphatic heterocycles. The Hall–Kier alpha value is -2.46. The second-order valence-corrected chi connectivity index (χ2v) is 4.85. The highest BCUT2D eigenvalue weighted by molar-refractivity contribution is 5.90. The lowest BCUT2D eigenvalue weighted by Gasteiger charge is -2.10. The lowest BCUT2D eigenvalue weighted by atomic mass is 10.2. The van der Waals surface area contributed by atoms with Gasteiger partial charge in [0.15, 0.2) is 5.82 Å². The van der Waals surface area contributed by atoms with E-state index in [1.807, 2.05) is 54.6 Å². The summed E-state index contributed by atoms with van der Waals surface area (Å²) in [4.78, 5) is 9.34. The molecule has 3 N–H and O–H groups in total. The van der Waals surface area contributed by atoms with Gasteiger partial charge in [-0.2, -0.15) is 0 Å². The summed E-state index contributed by atoms with van der Waals surface area (Å²) in [6, 6.07) is 18.1. The normalized spacial score (nSPS) is 10.7. The minimum atomic E-state index is 0.668. The number of nitrogens with one attached hydrogen (secondary N) is 1. The first-order valence-electron chi connectivity index (χ1n) is 7.14. The number of hydrogen-bond donors (Lipinski definition) is 2. The quantitative estimate of drug-likeness (QED) is 0.704. The fraction of sp³-hybridized carbons (Fsp3) is 0.176. The van der Waals surface area contributed by atoms with E-state index in [-0.39, 0.29) is 0 Å². The molecule has 4 heteroatoms. The first-order chi connectivity index (χ1) is 10.4. The van der Waals surface area contributed by atoms with E-state index < -0.39 is 0 Å². The maximum Gasteiger partial charge on any atom is 0.162 e. The summed E-state index contributed by atoms with van der Waals surface area (Å²) in [5.41, 5.74) is 7.52. The predicted molar refractivity (Wildman–Crippen MR) is 87.1 cm³/mol. The summed E-state index contributed by atoms with van der Waals surface area (Å²) in [5.74, 6) is 1.61. The molecule has 0 atom stereocenters. The zero-order valence-electron chi connectivity index (χ0n) is 11.8. The van der Waals surface area contributed by atoms with Crippen LogP contribution in [0.2, 0.25) is 0 Å². The second-order valence-electron chi connectivity index (χ2n) is 4.85. The molecule has 3 rings (SSSR count). The van der Waals surface area contributed by atoms with Crippen molar-refractivity contribution in [2.24, 2.45) is 5.73 Å². The van der Waals surface area contributed by atoms with Crippen LogP contribution in [0.25, 0.3) is 22.3 Å². The van der Waals surface area contributed by atoms with Crippen molar-refractivity contribution in [3.63, 3.8) is 0 Å². The Kier molecular flexibility index (Phi) is 4.07. The third-order valence-corrected chi connectivity index (χ3v) is 3.31. The third-order valence-electron chi connectivity index (χ3n) is 3.31. The standard InChI is InChI=1S/C17H18N4/c18-11-6-12-19-17-14-9-4-5-10-15(14)20-16(21-17)13-7-2-1-3-8-13/h1-5,7-10H,6,11-12,18H2,(H,19,20,21). The topological polar surface area (TPSA) is 63.8 Å². The number of anilines is 1. The Morgan fingerprint density at radius 3 is 2.48 bits per heavy atom. The first kappa shape index (κ1) is 13.5. The Morgan fingerprint density at radius 1 is 0.905 bits per heavy atom. The average Bonchev–Trinajstić information content (AvgIpc) is 2.55. The molecular weight excluding hydrogens is 260 g/mol. The van der Waals surface area contributed by atoms with E-state index in [2.05, 4.69) is 15.3 Å². The fourth-order valence-corrected chi connectivity index (χ4v) is 2.24. The minimum absolute atomic E-state index is 0.668. The molecule has 1 aromatic heterocycles. The van der Waals surface area contributed by atoms with Gasteiger partial charge in [-0.25, -0.2) is 9.97 Å². The lowest BCUT2D eigenvalue weighted by Crippen LogP contribution is -2.10. The minimum Gasteiger partial charge on any atom is -0.369 e. The summed E-state index contributed by atoms with van der Waals surface area (Å²) in [6.07, 6.45) is 0.916. The van der Waals surface area contributed by atoms with Crippen molar-refractivity contribution in [2.75, 3.05) is 18.4 Å². The summed E-state index contributed by atoms with van der Waals surface area (Å²) < 4.78 is 0. The van der Waals surface area contributed by atoms with Gasteiger partial charge in [0.1, 0.15) is 5.82 Å². The van der Waals surface area contributed by atoms with Crippen molar-refractivity contribution >= 4 is 16.7 Å². The molecule has 3 aromatic rings. The van der Waals surface area contributed by atoms with Gasteiger partial charge in [-0.3, -0.25) is 0 Å². The van der Waals surface area contributed by atoms with E-state index in [1.54, 1.807) is 0 Å². The van der Waals surface area contributed by atoms with Gasteiger partial charge >= 0.3 is 0 Å². The Balaban J connectivity index is 2.06. The van der Waals surface area contributed by atoms with Crippen molar-refractivity contribution in [1.82, 2.24) is 9.97 Å². The molecule has 0 bridgehead atoms. The van der Waals surface area contributed by atoms with Gasteiger partial charge in [0.25, 0.3) is 0 Å². The maximum absolute atomic E-state index is 5.55. The molecule has 0 amide bonds. The van der Waals surface area contributed by atoms with Crippen LogP contribution in [0, 0.1) is 0 Å². The van der Waals surface area contributed by atoms with E-state index in [0.29, 0.717) is 6.54 Å². The molecule has 0 radical (unpaired) electrons. The van der Waals surface area contributed by atoms with E-state index in [1.165, 1.54) is 0 Å². The predicted octanol–water partition coefficient (Wildman–Crippen LogP) is 3.06. The van der Waals surface area contributed by atoms with Crippen LogP contribution in [0.4, 0.5) is 5.82 Å². The van der Waals surface area contributed by atoms with Crippen molar-refractivity contribution in [3.05, 3.63) is 54.6 Å². The highest BCUT2D eigenvalue weighted by Crippen LogP contribution is 2.24. The Morgan fingerprint density at radius 2 is 1.67 bits per heavy atom. The van der Waals surface area contributed by atoms with Crippen LogP contribution in [-0.4, -0.2) is 23.1 Å². The summed E-state index contributed by atoms with van der Waals surface area (Å²) in [6.45, 7) is 1.48. The van der Waals surface area contributed by atoms with Crippen molar-refractivity contribution in [1.29, 1.82) is 0 Å². The molecule has 4 nitrogen and oxygen atoms in total. The van der Waals surface area contributed by atoms with Crippen LogP contribution in [-0.2, 0) is 0 Å². The molecule has 1 heterocycles. The largest absolute Gasteiger partial charge is 0.369 e. The zero-order valence-corrected chi connectivity index (χ0v) is 11.8. The summed E-state index contributed by atoms with van der Waals surface area (Å²) in [7, 11) is 0. The number of nitrogens with two attached hydrogens (primary N) is 1. The average molecular weight is 278 g/mol. The number of nitrogens with zero attached hydrogens (tertiary/aromatic N) is 2. The van der Waals surface area contributed by atoms with Crippen LogP contribution in [0.1, 0.15) is 6.42 Å². The first-order valence-corrected chi connectivity index (χ1v) is 7.14. The Bertz CT molecular complexity index is 725. The summed E-state index contributed by atoms with van der Waals surface area (Å²) in [5, 5.41) is 4.40. The van der Waals surface area contributed by atoms with Crippen molar-refractivity contribution < 1.29 is 0 Å². The van der Waals surface area contributed by atoms with Crippen LogP contribution >= 0.6 is 0 Å². The highest BCUT2D eigenvalue weighted by atomic mass is 15.0. The van der Waals surface area contributed by atoms with E-state index in [4.69, 9.17) is 5.73 Å². The van der Waals surface area contributed by atoms with Gasteiger partial charge in [0, 0.05) is 17.5 Å². The van der Waals surface area contributed by atoms with Crippen LogP contribution < -0.4 is 11.1 Å². The van der Waals surface area contributed by atoms with E-state index >= 15 is 0 Å². The molecule has 0 aliphatic rings. The number of hydrogen-bond acceptors (Lipinski definition) is 4. The summed E-state index contributed by atoms with van der Waals surface area (Å²) >= 11 is 0. The smallest absolute Gasteiger partial charge is 0.162 e. The molecular formula is C17H18N4. The fourth-order valence-electron chi connectivity index (χ4n) is 2.24. The third kappa shape index (κ3) is 3.01. The molecule has 21 heavy (non-hydrogen) atoms. The van der Waals surface area contributed by atoms with E-state index in [9.17, 15) is 0 Å². The van der Waals surface area contributed by atoms with Gasteiger partial charge in [-0.15, -0.1) is 0 Å². The molecule has 0 saturated heterocycles. The van der Waals surface area contributed by atoms with Gasteiger partial charge in [-0.05, 0) is 25.1 Å². The number of para-hydroxylation sites is 1. The molecule has 2 aromatic carbocycles. The molecule has 0 aliphatic carbocycles. The van der Waals surface area contributed by atoms with Gasteiger partial charge in [-0.1, -0.05) is 42.5 Å². The van der Waals surface area contributed by atoms with Crippen LogP contribution in [0.5, 0.6) is 0 Å². The molecule has 106 valence electrons. The lowest BCUT2D eigenvalue weighted by molar-refractivity contribution is 0.871. The van der Waals surface area contributed by atoms with Gasteiger partial charge < -0.3 is 11.1 Å². The monoisotopic (exact) mass is 278 g/mol. The zero-order chi connectivity index (χ0) is 14.5. The van der Waals surface area contributed by atoms with E-state index in [0.717, 1.165) is 41.1 Å². The Labute approximate surface area is 124 Å². The number of fused-ring (bicyclic) bond motifs is 1.